The van der Waals surface area contributed by atoms with E-state index in [4.69, 9.17) is 28.4 Å². The zero-order chi connectivity index (χ0) is 29.2. The first-order valence-corrected chi connectivity index (χ1v) is 13.3. The topological polar surface area (TPSA) is 304 Å². The summed E-state index contributed by atoms with van der Waals surface area (Å²) in [4.78, 5) is 18.4. The summed E-state index contributed by atoms with van der Waals surface area (Å²) in [6.07, 6.45) is -25.9. The molecule has 11 N–H and O–H groups in total. The molecule has 20 heteroatoms. The summed E-state index contributed by atoms with van der Waals surface area (Å²) in [7, 11) is -4.11. The number of methoxy groups -OCH3 is 1. The number of hydrogen-bond donors (Lipinski definition) is 11. The van der Waals surface area contributed by atoms with Gasteiger partial charge in [0.25, 0.3) is 0 Å². The molecule has 19 nitrogen and oxygen atoms in total. The van der Waals surface area contributed by atoms with Gasteiger partial charge >= 0.3 is 7.82 Å². The van der Waals surface area contributed by atoms with Gasteiger partial charge in [-0.05, 0) is 0 Å². The Hall–Kier alpha value is -0.490. The van der Waals surface area contributed by atoms with E-state index in [0.717, 1.165) is 7.11 Å². The van der Waals surface area contributed by atoms with Gasteiger partial charge in [-0.25, -0.2) is 4.57 Å². The van der Waals surface area contributed by atoms with Gasteiger partial charge in [0.2, 0.25) is 0 Å². The average molecular weight is 598 g/mol. The Morgan fingerprint density at radius 3 is 1.49 bits per heavy atom. The molecule has 3 aliphatic heterocycles. The maximum Gasteiger partial charge on any atom is 0.470 e. The van der Waals surface area contributed by atoms with E-state index in [1.807, 2.05) is 0 Å². The van der Waals surface area contributed by atoms with Crippen LogP contribution < -0.4 is 0 Å². The van der Waals surface area contributed by atoms with Crippen LogP contribution in [0.15, 0.2) is 0 Å². The molecule has 39 heavy (non-hydrogen) atoms. The van der Waals surface area contributed by atoms with E-state index in [1.165, 1.54) is 0 Å². The second-order valence-electron chi connectivity index (χ2n) is 9.12. The van der Waals surface area contributed by atoms with E-state index < -0.39 is 120 Å². The molecule has 0 saturated carbocycles. The predicted octanol–water partition coefficient (Wildman–Crippen LogP) is -6.80. The van der Waals surface area contributed by atoms with Crippen molar-refractivity contribution in [1.29, 1.82) is 0 Å². The largest absolute Gasteiger partial charge is 0.470 e. The van der Waals surface area contributed by atoms with Crippen molar-refractivity contribution in [2.24, 2.45) is 0 Å². The van der Waals surface area contributed by atoms with Gasteiger partial charge in [0, 0.05) is 7.11 Å². The van der Waals surface area contributed by atoms with Crippen molar-refractivity contribution >= 4 is 7.82 Å². The quantitative estimate of drug-likeness (QED) is 0.104. The smallest absolute Gasteiger partial charge is 0.394 e. The Morgan fingerprint density at radius 2 is 1.03 bits per heavy atom. The molecule has 0 unspecified atom stereocenters. The fourth-order valence-corrected chi connectivity index (χ4v) is 5.03. The molecule has 15 atom stereocenters. The highest BCUT2D eigenvalue weighted by molar-refractivity contribution is 7.46. The minimum absolute atomic E-state index is 0.773. The highest BCUT2D eigenvalue weighted by Crippen LogP contribution is 2.42. The van der Waals surface area contributed by atoms with Gasteiger partial charge in [-0.15, -0.1) is 0 Å². The van der Waals surface area contributed by atoms with Crippen LogP contribution in [0, 0.1) is 0 Å². The van der Waals surface area contributed by atoms with Crippen LogP contribution in [-0.4, -0.2) is 175 Å². The Balaban J connectivity index is 1.76. The Bertz CT molecular complexity index is 812. The van der Waals surface area contributed by atoms with Crippen LogP contribution >= 0.6 is 7.82 Å². The Morgan fingerprint density at radius 1 is 0.590 bits per heavy atom. The maximum absolute atomic E-state index is 11.4. The van der Waals surface area contributed by atoms with Crippen molar-refractivity contribution < 1.29 is 93.3 Å². The third kappa shape index (κ3) is 7.30. The number of hydrogen-bond acceptors (Lipinski definition) is 17. The highest BCUT2D eigenvalue weighted by atomic mass is 31.2. The first kappa shape index (κ1) is 33.0. The molecule has 3 saturated heterocycles. The second kappa shape index (κ2) is 13.7. The SMILES string of the molecule is CO[C@H]1O[C@H](CO)[C@@H](O[C@H]2O[C@H](CO)[C@@H](O[C@H]3O[C@H](CO)[C@@H](O)[C@H](O)[C@H]3O)[C@H](O)[C@H]2O)[C@H](O)[C@H]1OP(=O)(O)O. The normalized spacial score (nSPS) is 47.7. The maximum atomic E-state index is 11.4. The predicted molar refractivity (Wildman–Crippen MR) is 117 cm³/mol. The van der Waals surface area contributed by atoms with Crippen molar-refractivity contribution in [3.63, 3.8) is 0 Å². The van der Waals surface area contributed by atoms with Crippen LogP contribution in [0.3, 0.4) is 0 Å². The minimum atomic E-state index is -5.19. The van der Waals surface area contributed by atoms with E-state index in [0.29, 0.717) is 0 Å². The van der Waals surface area contributed by atoms with Gasteiger partial charge in [-0.1, -0.05) is 0 Å². The summed E-state index contributed by atoms with van der Waals surface area (Å²) >= 11 is 0. The summed E-state index contributed by atoms with van der Waals surface area (Å²) in [5.41, 5.74) is 0. The zero-order valence-electron chi connectivity index (χ0n) is 20.4. The van der Waals surface area contributed by atoms with Crippen LogP contribution in [0.2, 0.25) is 0 Å². The molecule has 0 aromatic heterocycles. The first-order chi connectivity index (χ1) is 18.3. The number of aliphatic hydroxyl groups is 9. The minimum Gasteiger partial charge on any atom is -0.394 e. The molecule has 0 aromatic rings. The van der Waals surface area contributed by atoms with Gasteiger partial charge in [-0.2, -0.15) is 0 Å². The van der Waals surface area contributed by atoms with Gasteiger partial charge in [0.15, 0.2) is 18.9 Å². The molecule has 0 bridgehead atoms. The molecule has 0 radical (unpaired) electrons. The summed E-state index contributed by atoms with van der Waals surface area (Å²) < 4.78 is 47.8. The Kier molecular flexibility index (Phi) is 11.6. The lowest BCUT2D eigenvalue weighted by atomic mass is 9.96. The molecular formula is C19H35O19P. The van der Waals surface area contributed by atoms with Crippen LogP contribution in [0.25, 0.3) is 0 Å². The molecule has 3 heterocycles. The standard InChI is InChI=1S/C19H35O19P/c1-32-19-16(38-39(29,30)31)13(28)15(7(4-22)35-19)37-18-12(27)10(25)14(6(3-21)34-18)36-17-11(26)9(24)8(23)5(2-20)33-17/h5-28H,2-4H2,1H3,(H2,29,30,31)/t5-,6-,7-,8-,9+,10-,11-,12-,13+,14-,15-,16-,17-,18-,19+/m1/s1. The average Bonchev–Trinajstić information content (AvgIpc) is 2.89. The number of phosphoric ester groups is 1. The van der Waals surface area contributed by atoms with Crippen molar-refractivity contribution in [3.8, 4) is 0 Å². The fourth-order valence-electron chi connectivity index (χ4n) is 4.49. The number of ether oxygens (including phenoxy) is 6. The van der Waals surface area contributed by atoms with Crippen LogP contribution in [0.4, 0.5) is 0 Å². The van der Waals surface area contributed by atoms with Crippen molar-refractivity contribution in [3.05, 3.63) is 0 Å². The molecule has 0 aromatic carbocycles. The van der Waals surface area contributed by atoms with E-state index >= 15 is 0 Å². The second-order valence-corrected chi connectivity index (χ2v) is 10.3. The molecule has 0 amide bonds. The van der Waals surface area contributed by atoms with Crippen molar-refractivity contribution in [2.45, 2.75) is 92.1 Å². The lowest BCUT2D eigenvalue weighted by Gasteiger charge is -2.48. The number of rotatable bonds is 10. The molecule has 3 aliphatic rings. The van der Waals surface area contributed by atoms with E-state index in [1.54, 1.807) is 0 Å². The van der Waals surface area contributed by atoms with Crippen LogP contribution in [0.1, 0.15) is 0 Å². The van der Waals surface area contributed by atoms with Gasteiger partial charge in [0.05, 0.1) is 19.8 Å². The number of aliphatic hydroxyl groups excluding tert-OH is 9. The Labute approximate surface area is 220 Å². The zero-order valence-corrected chi connectivity index (χ0v) is 21.3. The highest BCUT2D eigenvalue weighted by Gasteiger charge is 2.54. The molecule has 0 aliphatic carbocycles. The third-order valence-electron chi connectivity index (χ3n) is 6.54. The summed E-state index contributed by atoms with van der Waals surface area (Å²) in [6, 6.07) is 0. The molecular weight excluding hydrogens is 563 g/mol. The van der Waals surface area contributed by atoms with Gasteiger partial charge < -0.3 is 84.2 Å². The van der Waals surface area contributed by atoms with Gasteiger partial charge in [0.1, 0.15) is 73.2 Å². The van der Waals surface area contributed by atoms with E-state index in [9.17, 15) is 60.3 Å². The van der Waals surface area contributed by atoms with Crippen molar-refractivity contribution in [2.75, 3.05) is 26.9 Å². The summed E-state index contributed by atoms with van der Waals surface area (Å²) in [6.45, 7) is -2.47. The lowest BCUT2D eigenvalue weighted by Crippen LogP contribution is -2.66. The van der Waals surface area contributed by atoms with Crippen molar-refractivity contribution in [1.82, 2.24) is 0 Å². The van der Waals surface area contributed by atoms with E-state index in [2.05, 4.69) is 4.52 Å². The third-order valence-corrected chi connectivity index (χ3v) is 7.06. The van der Waals surface area contributed by atoms with Crippen LogP contribution in [0.5, 0.6) is 0 Å². The molecule has 3 rings (SSSR count). The molecule has 230 valence electrons. The summed E-state index contributed by atoms with van der Waals surface area (Å²) in [5, 5.41) is 91.1. The first-order valence-electron chi connectivity index (χ1n) is 11.7. The fraction of sp³-hybridized carbons (Fsp3) is 1.00. The lowest BCUT2D eigenvalue weighted by molar-refractivity contribution is -0.377. The summed E-state index contributed by atoms with van der Waals surface area (Å²) in [5.74, 6) is 0. The monoisotopic (exact) mass is 598 g/mol. The van der Waals surface area contributed by atoms with Gasteiger partial charge in [-0.3, -0.25) is 4.52 Å². The molecule has 3 fully saturated rings. The molecule has 0 spiro atoms. The van der Waals surface area contributed by atoms with E-state index in [-0.39, 0.29) is 0 Å². The van der Waals surface area contributed by atoms with Crippen LogP contribution in [-0.2, 0) is 37.5 Å². The number of phosphoric acid groups is 1.